The van der Waals surface area contributed by atoms with Crippen LogP contribution in [-0.4, -0.2) is 53.3 Å². The van der Waals surface area contributed by atoms with E-state index >= 15 is 0 Å². The molecular weight excluding hydrogens is 390 g/mol. The maximum atomic E-state index is 12.6. The fourth-order valence-electron chi connectivity index (χ4n) is 4.69. The Bertz CT molecular complexity index is 1060. The van der Waals surface area contributed by atoms with Gasteiger partial charge in [0.1, 0.15) is 5.52 Å². The monoisotopic (exact) mass is 419 g/mol. The van der Waals surface area contributed by atoms with Crippen molar-refractivity contribution in [1.29, 1.82) is 0 Å². The van der Waals surface area contributed by atoms with Gasteiger partial charge in [0, 0.05) is 50.8 Å². The van der Waals surface area contributed by atoms with Crippen molar-refractivity contribution in [3.05, 3.63) is 54.0 Å². The molecule has 7 heteroatoms. The van der Waals surface area contributed by atoms with Crippen LogP contribution >= 0.6 is 0 Å². The standard InChI is InChI=1S/C24H29N5O2/c30-24(25-10-4-12-28-11-3-6-18-5-1-2-7-22(18)28)19-15-21-23(26-16-19)29(17-27-21)20-8-13-31-14-9-20/h1-2,5,7,15-17,20H,3-4,6,8-14H2,(H,25,30). The Morgan fingerprint density at radius 1 is 1.19 bits per heavy atom. The topological polar surface area (TPSA) is 72.3 Å². The molecule has 1 N–H and O–H groups in total. The van der Waals surface area contributed by atoms with Gasteiger partial charge >= 0.3 is 0 Å². The Morgan fingerprint density at radius 3 is 2.97 bits per heavy atom. The van der Waals surface area contributed by atoms with Crippen LogP contribution < -0.4 is 10.2 Å². The van der Waals surface area contributed by atoms with E-state index in [2.05, 4.69) is 49.0 Å². The Morgan fingerprint density at radius 2 is 2.06 bits per heavy atom. The van der Waals surface area contributed by atoms with Gasteiger partial charge in [0.2, 0.25) is 0 Å². The summed E-state index contributed by atoms with van der Waals surface area (Å²) in [6.07, 6.45) is 8.70. The van der Waals surface area contributed by atoms with E-state index in [1.165, 1.54) is 17.7 Å². The molecule has 5 rings (SSSR count). The van der Waals surface area contributed by atoms with E-state index < -0.39 is 0 Å². The van der Waals surface area contributed by atoms with Crippen LogP contribution in [0, 0.1) is 0 Å². The molecular formula is C24H29N5O2. The minimum atomic E-state index is -0.0888. The van der Waals surface area contributed by atoms with Gasteiger partial charge in [0.15, 0.2) is 5.65 Å². The van der Waals surface area contributed by atoms with Gasteiger partial charge < -0.3 is 19.5 Å². The zero-order valence-electron chi connectivity index (χ0n) is 17.8. The third kappa shape index (κ3) is 4.28. The summed E-state index contributed by atoms with van der Waals surface area (Å²) in [6, 6.07) is 10.8. The first-order chi connectivity index (χ1) is 15.3. The lowest BCUT2D eigenvalue weighted by Gasteiger charge is -2.31. The van der Waals surface area contributed by atoms with Gasteiger partial charge in [-0.15, -0.1) is 0 Å². The summed E-state index contributed by atoms with van der Waals surface area (Å²) in [5, 5.41) is 3.04. The van der Waals surface area contributed by atoms with Crippen LogP contribution in [0.5, 0.6) is 0 Å². The number of anilines is 1. The second kappa shape index (κ2) is 9.06. The maximum absolute atomic E-state index is 12.6. The van der Waals surface area contributed by atoms with Crippen molar-refractivity contribution >= 4 is 22.8 Å². The largest absolute Gasteiger partial charge is 0.381 e. The summed E-state index contributed by atoms with van der Waals surface area (Å²) < 4.78 is 7.57. The molecule has 0 saturated carbocycles. The average molecular weight is 420 g/mol. The lowest BCUT2D eigenvalue weighted by Crippen LogP contribution is -2.33. The molecule has 0 bridgehead atoms. The molecule has 2 aromatic heterocycles. The number of aryl methyl sites for hydroxylation is 1. The molecule has 1 saturated heterocycles. The molecule has 0 radical (unpaired) electrons. The van der Waals surface area contributed by atoms with E-state index in [9.17, 15) is 4.79 Å². The highest BCUT2D eigenvalue weighted by Crippen LogP contribution is 2.27. The molecule has 0 spiro atoms. The lowest BCUT2D eigenvalue weighted by molar-refractivity contribution is 0.0704. The summed E-state index contributed by atoms with van der Waals surface area (Å²) in [5.41, 5.74) is 4.94. The minimum Gasteiger partial charge on any atom is -0.381 e. The molecule has 2 aliphatic heterocycles. The van der Waals surface area contributed by atoms with E-state index in [1.807, 2.05) is 12.4 Å². The van der Waals surface area contributed by atoms with Gasteiger partial charge in [-0.1, -0.05) is 18.2 Å². The maximum Gasteiger partial charge on any atom is 0.252 e. The molecule has 7 nitrogen and oxygen atoms in total. The van der Waals surface area contributed by atoms with Crippen molar-refractivity contribution in [1.82, 2.24) is 19.9 Å². The van der Waals surface area contributed by atoms with Crippen molar-refractivity contribution < 1.29 is 9.53 Å². The predicted molar refractivity (Wildman–Crippen MR) is 121 cm³/mol. The van der Waals surface area contributed by atoms with Crippen LogP contribution in [-0.2, 0) is 11.2 Å². The lowest BCUT2D eigenvalue weighted by atomic mass is 10.0. The molecule has 1 amide bonds. The fraction of sp³-hybridized carbons (Fsp3) is 0.458. The molecule has 31 heavy (non-hydrogen) atoms. The number of carbonyl (C=O) groups is 1. The number of pyridine rings is 1. The molecule has 0 unspecified atom stereocenters. The second-order valence-corrected chi connectivity index (χ2v) is 8.39. The quantitative estimate of drug-likeness (QED) is 0.621. The highest BCUT2D eigenvalue weighted by atomic mass is 16.5. The molecule has 0 atom stereocenters. The number of hydrogen-bond donors (Lipinski definition) is 1. The fourth-order valence-corrected chi connectivity index (χ4v) is 4.69. The van der Waals surface area contributed by atoms with Crippen LogP contribution in [0.4, 0.5) is 5.69 Å². The van der Waals surface area contributed by atoms with Crippen LogP contribution in [0.25, 0.3) is 11.2 Å². The highest BCUT2D eigenvalue weighted by Gasteiger charge is 2.19. The molecule has 2 aliphatic rings. The predicted octanol–water partition coefficient (Wildman–Crippen LogP) is 3.36. The number of amides is 1. The zero-order chi connectivity index (χ0) is 21.0. The minimum absolute atomic E-state index is 0.0888. The first-order valence-electron chi connectivity index (χ1n) is 11.3. The third-order valence-electron chi connectivity index (χ3n) is 6.36. The van der Waals surface area contributed by atoms with Crippen molar-refractivity contribution in [2.45, 2.75) is 38.1 Å². The Kier molecular flexibility index (Phi) is 5.84. The number of nitrogens with zero attached hydrogens (tertiary/aromatic N) is 4. The number of ether oxygens (including phenoxy) is 1. The molecule has 0 aliphatic carbocycles. The Labute approximate surface area is 182 Å². The summed E-state index contributed by atoms with van der Waals surface area (Å²) >= 11 is 0. The van der Waals surface area contributed by atoms with E-state index in [1.54, 1.807) is 6.20 Å². The second-order valence-electron chi connectivity index (χ2n) is 8.39. The molecule has 1 fully saturated rings. The van der Waals surface area contributed by atoms with Gasteiger partial charge in [-0.05, 0) is 49.8 Å². The first-order valence-corrected chi connectivity index (χ1v) is 11.3. The van der Waals surface area contributed by atoms with Crippen LogP contribution in [0.1, 0.15) is 47.6 Å². The number of hydrogen-bond acceptors (Lipinski definition) is 5. The number of rotatable bonds is 6. The van der Waals surface area contributed by atoms with E-state index in [-0.39, 0.29) is 5.91 Å². The molecule has 3 aromatic rings. The molecule has 1 aromatic carbocycles. The SMILES string of the molecule is O=C(NCCCN1CCCc2ccccc21)c1cnc2c(c1)ncn2C1CCOCC1. The average Bonchev–Trinajstić information content (AvgIpc) is 3.25. The van der Waals surface area contributed by atoms with Crippen LogP contribution in [0.3, 0.4) is 0 Å². The molecule has 4 heterocycles. The summed E-state index contributed by atoms with van der Waals surface area (Å²) in [7, 11) is 0. The van der Waals surface area contributed by atoms with Crippen LogP contribution in [0.2, 0.25) is 0 Å². The zero-order valence-corrected chi connectivity index (χ0v) is 17.8. The van der Waals surface area contributed by atoms with Crippen molar-refractivity contribution in [2.24, 2.45) is 0 Å². The van der Waals surface area contributed by atoms with Crippen molar-refractivity contribution in [3.63, 3.8) is 0 Å². The summed E-state index contributed by atoms with van der Waals surface area (Å²) in [6.45, 7) is 4.22. The van der Waals surface area contributed by atoms with E-state index in [4.69, 9.17) is 4.74 Å². The smallest absolute Gasteiger partial charge is 0.252 e. The van der Waals surface area contributed by atoms with Gasteiger partial charge in [0.05, 0.1) is 11.9 Å². The number of aromatic nitrogens is 3. The number of para-hydroxylation sites is 1. The number of imidazole rings is 1. The normalized spacial score (nSPS) is 17.0. The Balaban J connectivity index is 1.17. The Hall–Kier alpha value is -2.93. The van der Waals surface area contributed by atoms with Crippen LogP contribution in [0.15, 0.2) is 42.9 Å². The number of fused-ring (bicyclic) bond motifs is 2. The number of nitrogens with one attached hydrogen (secondary N) is 1. The number of carbonyl (C=O) groups excluding carboxylic acids is 1. The van der Waals surface area contributed by atoms with Gasteiger partial charge in [-0.2, -0.15) is 0 Å². The van der Waals surface area contributed by atoms with Gasteiger partial charge in [-0.3, -0.25) is 4.79 Å². The summed E-state index contributed by atoms with van der Waals surface area (Å²) in [5.74, 6) is -0.0888. The molecule has 162 valence electrons. The first kappa shape index (κ1) is 20.0. The van der Waals surface area contributed by atoms with E-state index in [0.717, 1.165) is 63.2 Å². The summed E-state index contributed by atoms with van der Waals surface area (Å²) in [4.78, 5) is 24.1. The number of benzene rings is 1. The van der Waals surface area contributed by atoms with Crippen molar-refractivity contribution in [3.8, 4) is 0 Å². The van der Waals surface area contributed by atoms with Gasteiger partial charge in [0.25, 0.3) is 5.91 Å². The van der Waals surface area contributed by atoms with Gasteiger partial charge in [-0.25, -0.2) is 9.97 Å². The third-order valence-corrected chi connectivity index (χ3v) is 6.36. The van der Waals surface area contributed by atoms with Crippen molar-refractivity contribution in [2.75, 3.05) is 37.7 Å². The van der Waals surface area contributed by atoms with E-state index in [0.29, 0.717) is 18.2 Å². The highest BCUT2D eigenvalue weighted by molar-refractivity contribution is 5.96.